The van der Waals surface area contributed by atoms with E-state index >= 15 is 0 Å². The third kappa shape index (κ3) is 2.60. The van der Waals surface area contributed by atoms with Crippen LogP contribution in [0, 0.1) is 5.82 Å². The lowest BCUT2D eigenvalue weighted by Gasteiger charge is -2.28. The van der Waals surface area contributed by atoms with Crippen LogP contribution in [0.3, 0.4) is 0 Å². The molecule has 2 N–H and O–H groups in total. The number of hydrogen-bond donors (Lipinski definition) is 1. The molecule has 0 unspecified atom stereocenters. The molecule has 0 bridgehead atoms. The monoisotopic (exact) mass is 236 g/mol. The fourth-order valence-corrected chi connectivity index (χ4v) is 2.31. The molecule has 0 aromatic heterocycles. The van der Waals surface area contributed by atoms with E-state index < -0.39 is 0 Å². The first-order chi connectivity index (χ1) is 8.15. The van der Waals surface area contributed by atoms with Crippen molar-refractivity contribution >= 4 is 5.69 Å². The Morgan fingerprint density at radius 1 is 1.47 bits per heavy atom. The lowest BCUT2D eigenvalue weighted by atomic mass is 10.0. The second-order valence-corrected chi connectivity index (χ2v) is 4.89. The lowest BCUT2D eigenvalue weighted by Crippen LogP contribution is -2.29. The second-order valence-electron chi connectivity index (χ2n) is 4.89. The minimum atomic E-state index is -0.139. The largest absolute Gasteiger partial charge is 0.366 e. The third-order valence-electron chi connectivity index (χ3n) is 3.25. The fourth-order valence-electron chi connectivity index (χ4n) is 2.31. The van der Waals surface area contributed by atoms with Gasteiger partial charge in [-0.1, -0.05) is 19.1 Å². The van der Waals surface area contributed by atoms with E-state index in [1.165, 1.54) is 18.9 Å². The Hall–Kier alpha value is -1.09. The van der Waals surface area contributed by atoms with Crippen LogP contribution in [0.25, 0.3) is 0 Å². The molecule has 0 spiro atoms. The number of hydrogen-bond acceptors (Lipinski definition) is 2. The summed E-state index contributed by atoms with van der Waals surface area (Å²) in [5.74, 6) is -0.139. The topological polar surface area (TPSA) is 29.3 Å². The maximum absolute atomic E-state index is 14.1. The summed E-state index contributed by atoms with van der Waals surface area (Å²) in [6.45, 7) is 4.95. The first kappa shape index (κ1) is 12.4. The van der Waals surface area contributed by atoms with Crippen LogP contribution in [0.5, 0.6) is 0 Å². The lowest BCUT2D eigenvalue weighted by molar-refractivity contribution is 0.606. The zero-order chi connectivity index (χ0) is 12.4. The molecule has 3 heteroatoms. The van der Waals surface area contributed by atoms with Crippen LogP contribution in [0.15, 0.2) is 18.2 Å². The first-order valence-electron chi connectivity index (χ1n) is 6.45. The SMILES string of the molecule is CCCN(c1c(F)cccc1[C@@H](C)N)C1CC1. The zero-order valence-electron chi connectivity index (χ0n) is 10.6. The number of benzene rings is 1. The van der Waals surface area contributed by atoms with Crippen molar-refractivity contribution in [3.05, 3.63) is 29.6 Å². The van der Waals surface area contributed by atoms with E-state index in [0.29, 0.717) is 6.04 Å². The smallest absolute Gasteiger partial charge is 0.146 e. The van der Waals surface area contributed by atoms with E-state index in [1.807, 2.05) is 13.0 Å². The highest BCUT2D eigenvalue weighted by Crippen LogP contribution is 2.36. The minimum absolute atomic E-state index is 0.126. The van der Waals surface area contributed by atoms with E-state index in [1.54, 1.807) is 6.07 Å². The Bertz CT molecular complexity index is 386. The van der Waals surface area contributed by atoms with E-state index in [0.717, 1.165) is 24.2 Å². The molecule has 1 aromatic rings. The molecule has 94 valence electrons. The number of para-hydroxylation sites is 1. The summed E-state index contributed by atoms with van der Waals surface area (Å²) in [5, 5.41) is 0. The summed E-state index contributed by atoms with van der Waals surface area (Å²) in [5.41, 5.74) is 7.59. The first-order valence-corrected chi connectivity index (χ1v) is 6.45. The van der Waals surface area contributed by atoms with Gasteiger partial charge in [-0.3, -0.25) is 0 Å². The van der Waals surface area contributed by atoms with Gasteiger partial charge in [0.15, 0.2) is 0 Å². The van der Waals surface area contributed by atoms with Crippen LogP contribution in [-0.2, 0) is 0 Å². The Morgan fingerprint density at radius 2 is 2.18 bits per heavy atom. The molecule has 0 saturated heterocycles. The number of nitrogens with two attached hydrogens (primary N) is 1. The average Bonchev–Trinajstić information content (AvgIpc) is 3.10. The Labute approximate surface area is 103 Å². The number of rotatable bonds is 5. The summed E-state index contributed by atoms with van der Waals surface area (Å²) in [7, 11) is 0. The van der Waals surface area contributed by atoms with Crippen LogP contribution in [-0.4, -0.2) is 12.6 Å². The van der Waals surface area contributed by atoms with Crippen molar-refractivity contribution in [2.45, 2.75) is 45.2 Å². The quantitative estimate of drug-likeness (QED) is 0.850. The van der Waals surface area contributed by atoms with Crippen LogP contribution >= 0.6 is 0 Å². The molecule has 0 aliphatic heterocycles. The van der Waals surface area contributed by atoms with Gasteiger partial charge in [-0.2, -0.15) is 0 Å². The summed E-state index contributed by atoms with van der Waals surface area (Å²) < 4.78 is 14.1. The van der Waals surface area contributed by atoms with Crippen molar-refractivity contribution in [1.29, 1.82) is 0 Å². The highest BCUT2D eigenvalue weighted by Gasteiger charge is 2.31. The van der Waals surface area contributed by atoms with Gasteiger partial charge in [0.1, 0.15) is 5.82 Å². The van der Waals surface area contributed by atoms with E-state index in [9.17, 15) is 4.39 Å². The molecule has 0 amide bonds. The number of anilines is 1. The van der Waals surface area contributed by atoms with Crippen molar-refractivity contribution in [2.24, 2.45) is 5.73 Å². The van der Waals surface area contributed by atoms with Crippen LogP contribution in [0.1, 0.15) is 44.7 Å². The Balaban J connectivity index is 2.39. The van der Waals surface area contributed by atoms with Crippen molar-refractivity contribution in [3.8, 4) is 0 Å². The van der Waals surface area contributed by atoms with Gasteiger partial charge in [0.05, 0.1) is 5.69 Å². The summed E-state index contributed by atoms with van der Waals surface area (Å²) in [4.78, 5) is 2.20. The number of halogens is 1. The van der Waals surface area contributed by atoms with E-state index in [-0.39, 0.29) is 11.9 Å². The highest BCUT2D eigenvalue weighted by molar-refractivity contribution is 5.57. The second kappa shape index (κ2) is 5.05. The molecule has 1 aliphatic rings. The molecule has 2 rings (SSSR count). The summed E-state index contributed by atoms with van der Waals surface area (Å²) >= 11 is 0. The maximum Gasteiger partial charge on any atom is 0.146 e. The van der Waals surface area contributed by atoms with Crippen LogP contribution in [0.2, 0.25) is 0 Å². The predicted molar refractivity (Wildman–Crippen MR) is 69.7 cm³/mol. The molecular formula is C14H21FN2. The van der Waals surface area contributed by atoms with Gasteiger partial charge in [0, 0.05) is 18.6 Å². The van der Waals surface area contributed by atoms with Crippen molar-refractivity contribution in [1.82, 2.24) is 0 Å². The number of nitrogens with zero attached hydrogens (tertiary/aromatic N) is 1. The molecular weight excluding hydrogens is 215 g/mol. The van der Waals surface area contributed by atoms with Gasteiger partial charge >= 0.3 is 0 Å². The van der Waals surface area contributed by atoms with E-state index in [2.05, 4.69) is 11.8 Å². The maximum atomic E-state index is 14.1. The van der Waals surface area contributed by atoms with Gasteiger partial charge in [0.2, 0.25) is 0 Å². The minimum Gasteiger partial charge on any atom is -0.366 e. The van der Waals surface area contributed by atoms with E-state index in [4.69, 9.17) is 5.73 Å². The molecule has 1 fully saturated rings. The highest BCUT2D eigenvalue weighted by atomic mass is 19.1. The molecule has 0 radical (unpaired) electrons. The van der Waals surface area contributed by atoms with Gasteiger partial charge < -0.3 is 10.6 Å². The van der Waals surface area contributed by atoms with Gasteiger partial charge in [-0.25, -0.2) is 4.39 Å². The molecule has 1 saturated carbocycles. The van der Waals surface area contributed by atoms with Crippen molar-refractivity contribution in [2.75, 3.05) is 11.4 Å². The van der Waals surface area contributed by atoms with Gasteiger partial charge in [0.25, 0.3) is 0 Å². The molecule has 1 atom stereocenters. The fraction of sp³-hybridized carbons (Fsp3) is 0.571. The predicted octanol–water partition coefficient (Wildman–Crippen LogP) is 3.22. The van der Waals surface area contributed by atoms with Crippen molar-refractivity contribution in [3.63, 3.8) is 0 Å². The standard InChI is InChI=1S/C14H21FN2/c1-3-9-17(11-7-8-11)14-12(10(2)16)5-4-6-13(14)15/h4-6,10-11H,3,7-9,16H2,1-2H3/t10-/m1/s1. The summed E-state index contributed by atoms with van der Waals surface area (Å²) in [6.07, 6.45) is 3.38. The van der Waals surface area contributed by atoms with Gasteiger partial charge in [-0.15, -0.1) is 0 Å². The normalized spacial score (nSPS) is 16.9. The molecule has 1 aliphatic carbocycles. The summed E-state index contributed by atoms with van der Waals surface area (Å²) in [6, 6.07) is 5.61. The molecule has 0 heterocycles. The Morgan fingerprint density at radius 3 is 2.71 bits per heavy atom. The molecule has 17 heavy (non-hydrogen) atoms. The molecule has 1 aromatic carbocycles. The van der Waals surface area contributed by atoms with Crippen LogP contribution in [0.4, 0.5) is 10.1 Å². The zero-order valence-corrected chi connectivity index (χ0v) is 10.6. The van der Waals surface area contributed by atoms with Gasteiger partial charge in [-0.05, 0) is 37.8 Å². The van der Waals surface area contributed by atoms with Crippen molar-refractivity contribution < 1.29 is 4.39 Å². The van der Waals surface area contributed by atoms with Crippen LogP contribution < -0.4 is 10.6 Å². The Kier molecular flexibility index (Phi) is 3.67. The molecule has 2 nitrogen and oxygen atoms in total. The average molecular weight is 236 g/mol. The third-order valence-corrected chi connectivity index (χ3v) is 3.25.